The number of hydrogen-bond acceptors (Lipinski definition) is 5. The third-order valence-corrected chi connectivity index (χ3v) is 4.94. The van der Waals surface area contributed by atoms with Crippen LogP contribution in [0.25, 0.3) is 0 Å². The fraction of sp³-hybridized carbons (Fsp3) is 0.474. The van der Waals surface area contributed by atoms with Crippen LogP contribution >= 0.6 is 0 Å². The SMILES string of the molecule is CC(C)c1cc(CN2CCC3(CC(=O)c4ccccc4O3)C2)on1. The first-order chi connectivity index (χ1) is 11.5. The summed E-state index contributed by atoms with van der Waals surface area (Å²) in [6.07, 6.45) is 1.31. The van der Waals surface area contributed by atoms with Gasteiger partial charge in [0.1, 0.15) is 11.4 Å². The number of fused-ring (bicyclic) bond motifs is 1. The molecular formula is C19H22N2O3. The molecule has 0 N–H and O–H groups in total. The first-order valence-corrected chi connectivity index (χ1v) is 8.54. The predicted molar refractivity (Wildman–Crippen MR) is 89.2 cm³/mol. The molecule has 2 aliphatic heterocycles. The third-order valence-electron chi connectivity index (χ3n) is 4.94. The Bertz CT molecular complexity index is 767. The molecule has 5 nitrogen and oxygen atoms in total. The molecule has 0 amide bonds. The maximum atomic E-state index is 12.5. The maximum Gasteiger partial charge on any atom is 0.170 e. The van der Waals surface area contributed by atoms with Crippen molar-refractivity contribution in [3.8, 4) is 5.75 Å². The van der Waals surface area contributed by atoms with E-state index in [1.807, 2.05) is 30.3 Å². The number of carbonyl (C=O) groups excluding carboxylic acids is 1. The summed E-state index contributed by atoms with van der Waals surface area (Å²) in [7, 11) is 0. The van der Waals surface area contributed by atoms with Gasteiger partial charge >= 0.3 is 0 Å². The topological polar surface area (TPSA) is 55.6 Å². The predicted octanol–water partition coefficient (Wildman–Crippen LogP) is 3.41. The highest BCUT2D eigenvalue weighted by Crippen LogP contribution is 2.38. The molecule has 1 saturated heterocycles. The van der Waals surface area contributed by atoms with Crippen LogP contribution in [0.3, 0.4) is 0 Å². The zero-order valence-electron chi connectivity index (χ0n) is 14.1. The monoisotopic (exact) mass is 326 g/mol. The van der Waals surface area contributed by atoms with Gasteiger partial charge in [-0.25, -0.2) is 0 Å². The number of nitrogens with zero attached hydrogens (tertiary/aromatic N) is 2. The van der Waals surface area contributed by atoms with E-state index < -0.39 is 5.60 Å². The number of hydrogen-bond donors (Lipinski definition) is 0. The number of rotatable bonds is 3. The summed E-state index contributed by atoms with van der Waals surface area (Å²) >= 11 is 0. The lowest BCUT2D eigenvalue weighted by Gasteiger charge is -2.34. The highest BCUT2D eigenvalue weighted by Gasteiger charge is 2.45. The molecule has 2 aliphatic rings. The van der Waals surface area contributed by atoms with Crippen molar-refractivity contribution in [1.82, 2.24) is 10.1 Å². The molecule has 1 aromatic carbocycles. The van der Waals surface area contributed by atoms with Gasteiger partial charge in [0, 0.05) is 25.6 Å². The molecule has 0 bridgehead atoms. The quantitative estimate of drug-likeness (QED) is 0.865. The van der Waals surface area contributed by atoms with Crippen LogP contribution in [0.15, 0.2) is 34.9 Å². The summed E-state index contributed by atoms with van der Waals surface area (Å²) in [5, 5.41) is 4.12. The van der Waals surface area contributed by atoms with Gasteiger partial charge in [-0.05, 0) is 18.1 Å². The van der Waals surface area contributed by atoms with E-state index in [-0.39, 0.29) is 5.78 Å². The lowest BCUT2D eigenvalue weighted by atomic mass is 9.89. The molecule has 3 heterocycles. The zero-order valence-corrected chi connectivity index (χ0v) is 14.1. The van der Waals surface area contributed by atoms with E-state index in [0.717, 1.165) is 36.7 Å². The lowest BCUT2D eigenvalue weighted by molar-refractivity contribution is 0.0450. The molecule has 24 heavy (non-hydrogen) atoms. The van der Waals surface area contributed by atoms with Gasteiger partial charge in [-0.3, -0.25) is 9.69 Å². The molecule has 0 saturated carbocycles. The molecule has 0 radical (unpaired) electrons. The molecule has 126 valence electrons. The summed E-state index contributed by atoms with van der Waals surface area (Å²) in [4.78, 5) is 14.7. The van der Waals surface area contributed by atoms with Gasteiger partial charge in [-0.15, -0.1) is 0 Å². The average Bonchev–Trinajstić information content (AvgIpc) is 3.16. The van der Waals surface area contributed by atoms with E-state index in [9.17, 15) is 4.79 Å². The molecule has 5 heteroatoms. The number of ketones is 1. The zero-order chi connectivity index (χ0) is 16.7. The van der Waals surface area contributed by atoms with Crippen molar-refractivity contribution >= 4 is 5.78 Å². The van der Waals surface area contributed by atoms with Gasteiger partial charge < -0.3 is 9.26 Å². The van der Waals surface area contributed by atoms with Gasteiger partial charge in [-0.2, -0.15) is 0 Å². The van der Waals surface area contributed by atoms with Crippen molar-refractivity contribution in [1.29, 1.82) is 0 Å². The van der Waals surface area contributed by atoms with Crippen molar-refractivity contribution in [2.75, 3.05) is 13.1 Å². The second-order valence-corrected chi connectivity index (χ2v) is 7.21. The van der Waals surface area contributed by atoms with Crippen LogP contribution in [0.5, 0.6) is 5.75 Å². The number of likely N-dealkylation sites (tertiary alicyclic amines) is 1. The summed E-state index contributed by atoms with van der Waals surface area (Å²) in [6.45, 7) is 6.55. The van der Waals surface area contributed by atoms with Crippen LogP contribution in [0.1, 0.15) is 54.4 Å². The molecule has 1 unspecified atom stereocenters. The molecule has 1 atom stereocenters. The van der Waals surface area contributed by atoms with E-state index >= 15 is 0 Å². The standard InChI is InChI=1S/C19H22N2O3/c1-13(2)16-9-14(24-20-16)11-21-8-7-19(12-21)10-17(22)15-5-3-4-6-18(15)23-19/h3-6,9,13H,7-8,10-12H2,1-2H3. The molecular weight excluding hydrogens is 304 g/mol. The first-order valence-electron chi connectivity index (χ1n) is 8.54. The molecule has 1 fully saturated rings. The Kier molecular flexibility index (Phi) is 3.68. The van der Waals surface area contributed by atoms with Crippen molar-refractivity contribution in [2.24, 2.45) is 0 Å². The second-order valence-electron chi connectivity index (χ2n) is 7.21. The number of Topliss-reactive ketones (excluding diaryl/α,β-unsaturated/α-hetero) is 1. The molecule has 1 aromatic heterocycles. The molecule has 4 rings (SSSR count). The van der Waals surface area contributed by atoms with E-state index in [1.54, 1.807) is 0 Å². The Balaban J connectivity index is 1.47. The highest BCUT2D eigenvalue weighted by molar-refractivity contribution is 6.00. The van der Waals surface area contributed by atoms with E-state index in [2.05, 4.69) is 23.9 Å². The average molecular weight is 326 g/mol. The molecule has 0 aliphatic carbocycles. The minimum atomic E-state index is -0.396. The number of aromatic nitrogens is 1. The second kappa shape index (κ2) is 5.74. The van der Waals surface area contributed by atoms with Crippen LogP contribution in [-0.2, 0) is 6.54 Å². The Morgan fingerprint density at radius 1 is 1.33 bits per heavy atom. The van der Waals surface area contributed by atoms with Gasteiger partial charge in [0.15, 0.2) is 11.5 Å². The summed E-state index contributed by atoms with van der Waals surface area (Å²) < 4.78 is 11.7. The highest BCUT2D eigenvalue weighted by atomic mass is 16.5. The van der Waals surface area contributed by atoms with Gasteiger partial charge in [-0.1, -0.05) is 31.1 Å². The Labute approximate surface area is 141 Å². The molecule has 1 spiro atoms. The van der Waals surface area contributed by atoms with Crippen LogP contribution in [-0.4, -0.2) is 34.5 Å². The number of para-hydroxylation sites is 1. The van der Waals surface area contributed by atoms with Crippen LogP contribution in [0.2, 0.25) is 0 Å². The van der Waals surface area contributed by atoms with E-state index in [1.165, 1.54) is 0 Å². The Hall–Kier alpha value is -2.14. The number of benzene rings is 1. The van der Waals surface area contributed by atoms with Crippen molar-refractivity contribution in [3.63, 3.8) is 0 Å². The van der Waals surface area contributed by atoms with Crippen molar-refractivity contribution < 1.29 is 14.1 Å². The van der Waals surface area contributed by atoms with Gasteiger partial charge in [0.25, 0.3) is 0 Å². The minimum absolute atomic E-state index is 0.181. The summed E-state index contributed by atoms with van der Waals surface area (Å²) in [5.74, 6) is 2.14. The van der Waals surface area contributed by atoms with E-state index in [4.69, 9.17) is 9.26 Å². The largest absolute Gasteiger partial charge is 0.485 e. The lowest BCUT2D eigenvalue weighted by Crippen LogP contribution is -2.44. The normalized spacial score (nSPS) is 23.7. The minimum Gasteiger partial charge on any atom is -0.485 e. The van der Waals surface area contributed by atoms with E-state index in [0.29, 0.717) is 24.4 Å². The third kappa shape index (κ3) is 2.73. The summed E-state index contributed by atoms with van der Waals surface area (Å²) in [5.41, 5.74) is 1.29. The smallest absolute Gasteiger partial charge is 0.170 e. The Morgan fingerprint density at radius 3 is 2.96 bits per heavy atom. The fourth-order valence-corrected chi connectivity index (χ4v) is 3.63. The fourth-order valence-electron chi connectivity index (χ4n) is 3.63. The van der Waals surface area contributed by atoms with Crippen molar-refractivity contribution in [2.45, 2.75) is 44.8 Å². The van der Waals surface area contributed by atoms with Gasteiger partial charge in [0.2, 0.25) is 0 Å². The van der Waals surface area contributed by atoms with Gasteiger partial charge in [0.05, 0.1) is 24.2 Å². The maximum absolute atomic E-state index is 12.5. The molecule has 2 aromatic rings. The number of ether oxygens (including phenoxy) is 1. The Morgan fingerprint density at radius 2 is 2.17 bits per heavy atom. The van der Waals surface area contributed by atoms with Crippen LogP contribution in [0.4, 0.5) is 0 Å². The summed E-state index contributed by atoms with van der Waals surface area (Å²) in [6, 6.07) is 9.56. The van der Waals surface area contributed by atoms with Crippen LogP contribution < -0.4 is 4.74 Å². The van der Waals surface area contributed by atoms with Crippen LogP contribution in [0, 0.1) is 0 Å². The van der Waals surface area contributed by atoms with Crippen molar-refractivity contribution in [3.05, 3.63) is 47.3 Å². The first kappa shape index (κ1) is 15.4. The number of carbonyl (C=O) groups is 1.